The van der Waals surface area contributed by atoms with E-state index in [1.165, 1.54) is 12.3 Å². The minimum atomic E-state index is -1.20. The second-order valence-electron chi connectivity index (χ2n) is 7.90. The highest BCUT2D eigenvalue weighted by molar-refractivity contribution is 14.1. The standard InChI is InChI=1S/C19H20F2IN3O4Si/c1-30(2,3)7-6-28-11-24-10-15(22)17-16(4-5-23-19(17)24)29-18-13(20)8-12(25(26)27)9-14(18)21/h4-5,8-10H,6-7,11H2,1-3H3. The van der Waals surface area contributed by atoms with Crippen LogP contribution in [0.5, 0.6) is 11.5 Å². The number of pyridine rings is 1. The number of fused-ring (bicyclic) bond motifs is 1. The van der Waals surface area contributed by atoms with E-state index in [0.29, 0.717) is 36.5 Å². The van der Waals surface area contributed by atoms with Crippen LogP contribution in [0, 0.1) is 25.3 Å². The lowest BCUT2D eigenvalue weighted by Crippen LogP contribution is -2.22. The Morgan fingerprint density at radius 3 is 2.53 bits per heavy atom. The van der Waals surface area contributed by atoms with E-state index in [9.17, 15) is 18.9 Å². The summed E-state index contributed by atoms with van der Waals surface area (Å²) < 4.78 is 42.3. The summed E-state index contributed by atoms with van der Waals surface area (Å²) >= 11 is 2.09. The molecule has 0 unspecified atom stereocenters. The molecule has 2 heterocycles. The van der Waals surface area contributed by atoms with Crippen LogP contribution in [0.2, 0.25) is 25.7 Å². The van der Waals surface area contributed by atoms with Crippen LogP contribution in [-0.4, -0.2) is 29.2 Å². The van der Waals surface area contributed by atoms with Gasteiger partial charge in [0.05, 0.1) is 22.4 Å². The zero-order valence-corrected chi connectivity index (χ0v) is 19.8. The van der Waals surface area contributed by atoms with Gasteiger partial charge in [0.25, 0.3) is 5.69 Å². The number of ether oxygens (including phenoxy) is 2. The molecule has 0 saturated heterocycles. The van der Waals surface area contributed by atoms with Crippen molar-refractivity contribution in [2.24, 2.45) is 0 Å². The minimum Gasteiger partial charge on any atom is -0.450 e. The molecule has 0 aliphatic rings. The van der Waals surface area contributed by atoms with E-state index in [0.717, 1.165) is 9.61 Å². The predicted molar refractivity (Wildman–Crippen MR) is 120 cm³/mol. The van der Waals surface area contributed by atoms with Crippen molar-refractivity contribution in [3.8, 4) is 11.5 Å². The second-order valence-corrected chi connectivity index (χ2v) is 14.7. The molecule has 160 valence electrons. The third-order valence-corrected chi connectivity index (χ3v) is 6.83. The summed E-state index contributed by atoms with van der Waals surface area (Å²) in [5.74, 6) is -2.83. The Kier molecular flexibility index (Phi) is 6.72. The Morgan fingerprint density at radius 1 is 1.27 bits per heavy atom. The Balaban J connectivity index is 1.88. The zero-order valence-electron chi connectivity index (χ0n) is 16.6. The first-order valence-electron chi connectivity index (χ1n) is 9.09. The highest BCUT2D eigenvalue weighted by Gasteiger charge is 2.21. The molecule has 0 bridgehead atoms. The summed E-state index contributed by atoms with van der Waals surface area (Å²) in [6.07, 6.45) is 3.29. The number of benzene rings is 1. The normalized spacial score (nSPS) is 11.8. The maximum Gasteiger partial charge on any atom is 0.275 e. The number of nitro groups is 1. The van der Waals surface area contributed by atoms with E-state index in [-0.39, 0.29) is 5.75 Å². The maximum atomic E-state index is 14.3. The van der Waals surface area contributed by atoms with Gasteiger partial charge < -0.3 is 14.0 Å². The molecule has 0 radical (unpaired) electrons. The molecule has 0 amide bonds. The molecule has 3 rings (SSSR count). The van der Waals surface area contributed by atoms with Gasteiger partial charge in [0.1, 0.15) is 18.1 Å². The van der Waals surface area contributed by atoms with E-state index >= 15 is 0 Å². The molecule has 3 aromatic rings. The molecule has 30 heavy (non-hydrogen) atoms. The van der Waals surface area contributed by atoms with Gasteiger partial charge in [-0.3, -0.25) is 10.1 Å². The van der Waals surface area contributed by atoms with Gasteiger partial charge in [0, 0.05) is 30.6 Å². The summed E-state index contributed by atoms with van der Waals surface area (Å²) in [6.45, 7) is 7.74. The van der Waals surface area contributed by atoms with Gasteiger partial charge in [-0.25, -0.2) is 13.8 Å². The lowest BCUT2D eigenvalue weighted by molar-refractivity contribution is -0.385. The molecule has 0 atom stereocenters. The summed E-state index contributed by atoms with van der Waals surface area (Å²) in [7, 11) is -1.20. The van der Waals surface area contributed by atoms with Gasteiger partial charge >= 0.3 is 0 Å². The summed E-state index contributed by atoms with van der Waals surface area (Å²) in [5, 5.41) is 11.3. The molecular formula is C19H20F2IN3O4Si. The minimum absolute atomic E-state index is 0.192. The van der Waals surface area contributed by atoms with Crippen molar-refractivity contribution >= 4 is 47.4 Å². The number of hydrogen-bond donors (Lipinski definition) is 0. The Hall–Kier alpha value is -2.12. The molecule has 1 aromatic carbocycles. The first-order chi connectivity index (χ1) is 14.1. The topological polar surface area (TPSA) is 79.4 Å². The van der Waals surface area contributed by atoms with Crippen LogP contribution in [0.3, 0.4) is 0 Å². The predicted octanol–water partition coefficient (Wildman–Crippen LogP) is 5.93. The van der Waals surface area contributed by atoms with Crippen LogP contribution in [0.15, 0.2) is 30.6 Å². The molecule has 0 N–H and O–H groups in total. The highest BCUT2D eigenvalue weighted by atomic mass is 127. The first-order valence-corrected chi connectivity index (χ1v) is 13.9. The lowest BCUT2D eigenvalue weighted by Gasteiger charge is -2.15. The van der Waals surface area contributed by atoms with E-state index in [1.54, 1.807) is 4.57 Å². The fourth-order valence-corrected chi connectivity index (χ4v) is 4.32. The van der Waals surface area contributed by atoms with Gasteiger partial charge in [-0.1, -0.05) is 19.6 Å². The summed E-state index contributed by atoms with van der Waals surface area (Å²) in [6, 6.07) is 3.77. The smallest absolute Gasteiger partial charge is 0.275 e. The van der Waals surface area contributed by atoms with Crippen molar-refractivity contribution in [2.45, 2.75) is 32.4 Å². The SMILES string of the molecule is C[Si](C)(C)CCOCn1cc(I)c2c(Oc3c(F)cc([N+](=O)[O-])cc3F)ccnc21. The number of halogens is 3. The van der Waals surface area contributed by atoms with Crippen molar-refractivity contribution < 1.29 is 23.2 Å². The van der Waals surface area contributed by atoms with Crippen LogP contribution in [0.4, 0.5) is 14.5 Å². The third-order valence-electron chi connectivity index (χ3n) is 4.31. The van der Waals surface area contributed by atoms with Crippen LogP contribution >= 0.6 is 22.6 Å². The van der Waals surface area contributed by atoms with Crippen molar-refractivity contribution in [2.75, 3.05) is 6.61 Å². The molecular weight excluding hydrogens is 527 g/mol. The number of rotatable bonds is 8. The maximum absolute atomic E-state index is 14.3. The van der Waals surface area contributed by atoms with E-state index < -0.39 is 36.1 Å². The fraction of sp³-hybridized carbons (Fsp3) is 0.316. The highest BCUT2D eigenvalue weighted by Crippen LogP contribution is 2.36. The Labute approximate surface area is 186 Å². The molecule has 0 spiro atoms. The largest absolute Gasteiger partial charge is 0.450 e. The number of non-ortho nitro benzene ring substituents is 1. The van der Waals surface area contributed by atoms with Crippen molar-refractivity contribution in [3.63, 3.8) is 0 Å². The van der Waals surface area contributed by atoms with Crippen molar-refractivity contribution in [1.82, 2.24) is 9.55 Å². The Bertz CT molecular complexity index is 1080. The van der Waals surface area contributed by atoms with E-state index in [4.69, 9.17) is 9.47 Å². The molecule has 0 aliphatic heterocycles. The molecule has 2 aromatic heterocycles. The first kappa shape index (κ1) is 22.6. The Morgan fingerprint density at radius 2 is 1.93 bits per heavy atom. The second kappa shape index (κ2) is 8.94. The summed E-state index contributed by atoms with van der Waals surface area (Å²) in [5.41, 5.74) is -0.138. The van der Waals surface area contributed by atoms with Gasteiger partial charge in [0.15, 0.2) is 17.4 Å². The third kappa shape index (κ3) is 5.13. The average molecular weight is 547 g/mol. The van der Waals surface area contributed by atoms with Crippen LogP contribution in [0.25, 0.3) is 11.0 Å². The van der Waals surface area contributed by atoms with Crippen molar-refractivity contribution in [1.29, 1.82) is 0 Å². The van der Waals surface area contributed by atoms with Crippen molar-refractivity contribution in [3.05, 3.63) is 55.9 Å². The number of nitrogens with zero attached hydrogens (tertiary/aromatic N) is 3. The van der Waals surface area contributed by atoms with Gasteiger partial charge in [0.2, 0.25) is 0 Å². The van der Waals surface area contributed by atoms with E-state index in [1.807, 2.05) is 6.20 Å². The van der Waals surface area contributed by atoms with Gasteiger partial charge in [-0.2, -0.15) is 0 Å². The molecule has 11 heteroatoms. The number of nitro benzene ring substituents is 1. The zero-order chi connectivity index (χ0) is 22.1. The molecule has 7 nitrogen and oxygen atoms in total. The van der Waals surface area contributed by atoms with Crippen LogP contribution in [0.1, 0.15) is 0 Å². The molecule has 0 fully saturated rings. The lowest BCUT2D eigenvalue weighted by atomic mass is 10.2. The van der Waals surface area contributed by atoms with Crippen LogP contribution < -0.4 is 4.74 Å². The van der Waals surface area contributed by atoms with Gasteiger partial charge in [-0.15, -0.1) is 0 Å². The monoisotopic (exact) mass is 547 g/mol. The number of aromatic nitrogens is 2. The summed E-state index contributed by atoms with van der Waals surface area (Å²) in [4.78, 5) is 14.2. The average Bonchev–Trinajstić information content (AvgIpc) is 2.97. The quantitative estimate of drug-likeness (QED) is 0.115. The van der Waals surface area contributed by atoms with Crippen LogP contribution in [-0.2, 0) is 11.5 Å². The fourth-order valence-electron chi connectivity index (χ4n) is 2.72. The van der Waals surface area contributed by atoms with Gasteiger partial charge in [-0.05, 0) is 34.7 Å². The number of hydrogen-bond acceptors (Lipinski definition) is 5. The van der Waals surface area contributed by atoms with E-state index in [2.05, 4.69) is 47.2 Å². The molecule has 0 saturated carbocycles. The molecule has 0 aliphatic carbocycles.